The number of anilines is 1. The van der Waals surface area contributed by atoms with Gasteiger partial charge in [0.15, 0.2) is 0 Å². The molecule has 2 aromatic carbocycles. The predicted molar refractivity (Wildman–Crippen MR) is 74.3 cm³/mol. The number of hydrogen-bond donors (Lipinski definition) is 1. The minimum atomic E-state index is -0.515. The molecule has 0 aliphatic carbocycles. The van der Waals surface area contributed by atoms with Crippen molar-refractivity contribution in [2.45, 2.75) is 13.5 Å². The third-order valence-corrected chi connectivity index (χ3v) is 3.00. The highest BCUT2D eigenvalue weighted by atomic mass is 19.1. The fraction of sp³-hybridized carbons (Fsp3) is 0.125. The molecule has 3 nitrogen and oxygen atoms in total. The number of benzene rings is 2. The molecule has 98 valence electrons. The molecule has 4 heteroatoms. The van der Waals surface area contributed by atoms with E-state index >= 15 is 0 Å². The summed E-state index contributed by atoms with van der Waals surface area (Å²) in [7, 11) is 0. The number of hydrogen-bond acceptors (Lipinski definition) is 3. The number of halogens is 1. The molecule has 0 atom stereocenters. The summed E-state index contributed by atoms with van der Waals surface area (Å²) in [4.78, 5) is 0. The van der Waals surface area contributed by atoms with Gasteiger partial charge >= 0.3 is 0 Å². The smallest absolute Gasteiger partial charge is 0.140 e. The first-order valence-electron chi connectivity index (χ1n) is 6.07. The van der Waals surface area contributed by atoms with Crippen LogP contribution in [0.4, 0.5) is 10.1 Å². The van der Waals surface area contributed by atoms with Crippen LogP contribution in [0, 0.1) is 35.4 Å². The summed E-state index contributed by atoms with van der Waals surface area (Å²) in [5, 5.41) is 20.9. The van der Waals surface area contributed by atoms with Crippen molar-refractivity contribution in [2.24, 2.45) is 0 Å². The molecule has 0 saturated carbocycles. The Labute approximate surface area is 116 Å². The van der Waals surface area contributed by atoms with Gasteiger partial charge in [-0.2, -0.15) is 10.5 Å². The van der Waals surface area contributed by atoms with Crippen LogP contribution in [-0.2, 0) is 6.54 Å². The molecule has 0 heterocycles. The van der Waals surface area contributed by atoms with E-state index in [1.807, 2.05) is 19.1 Å². The largest absolute Gasteiger partial charge is 0.381 e. The lowest BCUT2D eigenvalue weighted by Gasteiger charge is -2.10. The van der Waals surface area contributed by atoms with Crippen molar-refractivity contribution < 1.29 is 4.39 Å². The summed E-state index contributed by atoms with van der Waals surface area (Å²) in [6.45, 7) is 2.40. The minimum Gasteiger partial charge on any atom is -0.381 e. The zero-order valence-corrected chi connectivity index (χ0v) is 10.9. The Hall–Kier alpha value is -2.85. The molecule has 0 fully saturated rings. The molecular formula is C16H12FN3. The molecule has 0 spiro atoms. The molecule has 0 saturated heterocycles. The third-order valence-electron chi connectivity index (χ3n) is 3.00. The lowest BCUT2D eigenvalue weighted by Crippen LogP contribution is -2.02. The van der Waals surface area contributed by atoms with Crippen LogP contribution in [0.25, 0.3) is 0 Å². The standard InChI is InChI=1S/C16H12FN3/c1-11-2-3-12(8-18)7-16(11)20-10-13-4-5-15(17)14(6-13)9-19/h2-7,20H,10H2,1H3. The molecular weight excluding hydrogens is 253 g/mol. The van der Waals surface area contributed by atoms with E-state index < -0.39 is 5.82 Å². The summed E-state index contributed by atoms with van der Waals surface area (Å²) < 4.78 is 13.2. The van der Waals surface area contributed by atoms with Crippen LogP contribution in [0.2, 0.25) is 0 Å². The van der Waals surface area contributed by atoms with Gasteiger partial charge in [0.25, 0.3) is 0 Å². The van der Waals surface area contributed by atoms with Gasteiger partial charge in [-0.3, -0.25) is 0 Å². The minimum absolute atomic E-state index is 0.0341. The number of rotatable bonds is 3. The van der Waals surface area contributed by atoms with Gasteiger partial charge in [-0.1, -0.05) is 12.1 Å². The summed E-state index contributed by atoms with van der Waals surface area (Å²) in [5.41, 5.74) is 3.30. The first kappa shape index (κ1) is 13.6. The van der Waals surface area contributed by atoms with Crippen molar-refractivity contribution in [1.29, 1.82) is 10.5 Å². The van der Waals surface area contributed by atoms with E-state index in [-0.39, 0.29) is 5.56 Å². The van der Waals surface area contributed by atoms with Gasteiger partial charge in [-0.15, -0.1) is 0 Å². The molecule has 0 amide bonds. The maximum atomic E-state index is 13.2. The lowest BCUT2D eigenvalue weighted by molar-refractivity contribution is 0.623. The van der Waals surface area contributed by atoms with Crippen LogP contribution in [0.15, 0.2) is 36.4 Å². The fourth-order valence-electron chi connectivity index (χ4n) is 1.85. The summed E-state index contributed by atoms with van der Waals surface area (Å²) >= 11 is 0. The maximum absolute atomic E-state index is 13.2. The van der Waals surface area contributed by atoms with E-state index in [1.54, 1.807) is 18.2 Å². The van der Waals surface area contributed by atoms with Crippen LogP contribution in [0.5, 0.6) is 0 Å². The van der Waals surface area contributed by atoms with Gasteiger partial charge in [0, 0.05) is 12.2 Å². The zero-order chi connectivity index (χ0) is 14.5. The zero-order valence-electron chi connectivity index (χ0n) is 10.9. The van der Waals surface area contributed by atoms with Crippen molar-refractivity contribution in [3.05, 3.63) is 64.5 Å². The summed E-state index contributed by atoms with van der Waals surface area (Å²) in [6, 6.07) is 13.7. The topological polar surface area (TPSA) is 59.6 Å². The normalized spacial score (nSPS) is 9.60. The number of nitrogens with one attached hydrogen (secondary N) is 1. The van der Waals surface area contributed by atoms with Crippen molar-refractivity contribution in [2.75, 3.05) is 5.32 Å². The molecule has 0 aromatic heterocycles. The Morgan fingerprint density at radius 3 is 2.60 bits per heavy atom. The van der Waals surface area contributed by atoms with Gasteiger partial charge in [0.1, 0.15) is 11.9 Å². The fourth-order valence-corrected chi connectivity index (χ4v) is 1.85. The molecule has 0 aliphatic heterocycles. The Morgan fingerprint density at radius 2 is 1.90 bits per heavy atom. The average molecular weight is 265 g/mol. The predicted octanol–water partition coefficient (Wildman–Crippen LogP) is 3.49. The first-order valence-corrected chi connectivity index (χ1v) is 6.07. The van der Waals surface area contributed by atoms with Crippen molar-refractivity contribution in [3.8, 4) is 12.1 Å². The molecule has 0 radical (unpaired) electrons. The van der Waals surface area contributed by atoms with E-state index in [9.17, 15) is 4.39 Å². The van der Waals surface area contributed by atoms with Gasteiger partial charge in [0.2, 0.25) is 0 Å². The number of nitrogens with zero attached hydrogens (tertiary/aromatic N) is 2. The van der Waals surface area contributed by atoms with Gasteiger partial charge < -0.3 is 5.32 Å². The highest BCUT2D eigenvalue weighted by Crippen LogP contribution is 2.18. The Morgan fingerprint density at radius 1 is 1.10 bits per heavy atom. The Balaban J connectivity index is 2.17. The molecule has 2 aromatic rings. The van der Waals surface area contributed by atoms with Crippen molar-refractivity contribution in [1.82, 2.24) is 0 Å². The Kier molecular flexibility index (Phi) is 3.98. The van der Waals surface area contributed by atoms with E-state index in [2.05, 4.69) is 11.4 Å². The van der Waals surface area contributed by atoms with Gasteiger partial charge in [-0.25, -0.2) is 4.39 Å². The van der Waals surface area contributed by atoms with E-state index in [0.717, 1.165) is 16.8 Å². The monoisotopic (exact) mass is 265 g/mol. The van der Waals surface area contributed by atoms with E-state index in [1.165, 1.54) is 12.1 Å². The summed E-state index contributed by atoms with van der Waals surface area (Å²) in [6.07, 6.45) is 0. The molecule has 0 unspecified atom stereocenters. The highest BCUT2D eigenvalue weighted by Gasteiger charge is 2.04. The van der Waals surface area contributed by atoms with Crippen LogP contribution < -0.4 is 5.32 Å². The van der Waals surface area contributed by atoms with Crippen LogP contribution in [0.1, 0.15) is 22.3 Å². The quantitative estimate of drug-likeness (QED) is 0.924. The Bertz CT molecular complexity index is 723. The van der Waals surface area contributed by atoms with Crippen LogP contribution in [0.3, 0.4) is 0 Å². The highest BCUT2D eigenvalue weighted by molar-refractivity contribution is 5.55. The maximum Gasteiger partial charge on any atom is 0.140 e. The number of nitriles is 2. The lowest BCUT2D eigenvalue weighted by atomic mass is 10.1. The molecule has 1 N–H and O–H groups in total. The third kappa shape index (κ3) is 2.93. The average Bonchev–Trinajstić information content (AvgIpc) is 2.47. The second-order valence-electron chi connectivity index (χ2n) is 4.42. The van der Waals surface area contributed by atoms with Crippen molar-refractivity contribution >= 4 is 5.69 Å². The van der Waals surface area contributed by atoms with Crippen LogP contribution >= 0.6 is 0 Å². The van der Waals surface area contributed by atoms with Gasteiger partial charge in [0.05, 0.1) is 17.2 Å². The van der Waals surface area contributed by atoms with Crippen molar-refractivity contribution in [3.63, 3.8) is 0 Å². The molecule has 0 aliphatic rings. The van der Waals surface area contributed by atoms with E-state index in [0.29, 0.717) is 12.1 Å². The second kappa shape index (κ2) is 5.86. The molecule has 0 bridgehead atoms. The van der Waals surface area contributed by atoms with Gasteiger partial charge in [-0.05, 0) is 42.3 Å². The first-order chi connectivity index (χ1) is 9.63. The van der Waals surface area contributed by atoms with Crippen LogP contribution in [-0.4, -0.2) is 0 Å². The molecule has 2 rings (SSSR count). The van der Waals surface area contributed by atoms with E-state index in [4.69, 9.17) is 10.5 Å². The SMILES string of the molecule is Cc1ccc(C#N)cc1NCc1ccc(F)c(C#N)c1. The second-order valence-corrected chi connectivity index (χ2v) is 4.42. The molecule has 20 heavy (non-hydrogen) atoms. The number of aryl methyl sites for hydroxylation is 1. The summed E-state index contributed by atoms with van der Waals surface area (Å²) in [5.74, 6) is -0.515.